The van der Waals surface area contributed by atoms with Gasteiger partial charge < -0.3 is 5.11 Å². The van der Waals surface area contributed by atoms with Crippen molar-refractivity contribution in [2.75, 3.05) is 0 Å². The summed E-state index contributed by atoms with van der Waals surface area (Å²) in [5.74, 6) is -0.370. The fraction of sp³-hybridized carbons (Fsp3) is 0.0909. The smallest absolute Gasteiger partial charge is 0.282 e. The summed E-state index contributed by atoms with van der Waals surface area (Å²) >= 11 is 0. The zero-order chi connectivity index (χ0) is 12.4. The van der Waals surface area contributed by atoms with Gasteiger partial charge in [0.05, 0.1) is 17.3 Å². The first kappa shape index (κ1) is 11.1. The van der Waals surface area contributed by atoms with Crippen molar-refractivity contribution in [3.8, 4) is 17.6 Å². The van der Waals surface area contributed by atoms with E-state index < -0.39 is 12.1 Å². The van der Waals surface area contributed by atoms with E-state index in [1.54, 1.807) is 0 Å². The highest BCUT2D eigenvalue weighted by molar-refractivity contribution is 5.41. The number of alkyl halides is 2. The van der Waals surface area contributed by atoms with Crippen LogP contribution in [0.1, 0.15) is 17.7 Å². The molecule has 1 aromatic carbocycles. The van der Waals surface area contributed by atoms with Crippen molar-refractivity contribution >= 4 is 0 Å². The molecule has 17 heavy (non-hydrogen) atoms. The Balaban J connectivity index is 2.42. The number of aromatic hydroxyl groups is 1. The van der Waals surface area contributed by atoms with E-state index in [1.165, 1.54) is 24.3 Å². The molecule has 0 unspecified atom stereocenters. The number of nitriles is 1. The normalized spacial score (nSPS) is 10.5. The van der Waals surface area contributed by atoms with E-state index in [0.29, 0.717) is 11.3 Å². The van der Waals surface area contributed by atoms with Gasteiger partial charge in [0, 0.05) is 6.07 Å². The second-order valence-corrected chi connectivity index (χ2v) is 3.30. The van der Waals surface area contributed by atoms with Crippen LogP contribution in [0.3, 0.4) is 0 Å². The minimum Gasteiger partial charge on any atom is -0.493 e. The lowest BCUT2D eigenvalue weighted by molar-refractivity contribution is 0.145. The van der Waals surface area contributed by atoms with E-state index in [1.807, 2.05) is 6.07 Å². The van der Waals surface area contributed by atoms with E-state index in [9.17, 15) is 13.9 Å². The molecule has 0 aliphatic heterocycles. The molecule has 0 saturated heterocycles. The fourth-order valence-electron chi connectivity index (χ4n) is 1.36. The quantitative estimate of drug-likeness (QED) is 0.869. The lowest BCUT2D eigenvalue weighted by Gasteiger charge is -2.02. The van der Waals surface area contributed by atoms with Gasteiger partial charge in [0.15, 0.2) is 0 Å². The summed E-state index contributed by atoms with van der Waals surface area (Å²) in [6.07, 6.45) is -2.74. The maximum atomic E-state index is 12.4. The summed E-state index contributed by atoms with van der Waals surface area (Å²) in [4.78, 5) is 0. The van der Waals surface area contributed by atoms with Gasteiger partial charge in [0.1, 0.15) is 5.69 Å². The largest absolute Gasteiger partial charge is 0.493 e. The fourth-order valence-corrected chi connectivity index (χ4v) is 1.36. The van der Waals surface area contributed by atoms with Crippen LogP contribution in [0.4, 0.5) is 8.78 Å². The molecule has 1 heterocycles. The molecule has 1 N–H and O–H groups in total. The van der Waals surface area contributed by atoms with E-state index in [-0.39, 0.29) is 5.88 Å². The van der Waals surface area contributed by atoms with Crippen LogP contribution in [0.5, 0.6) is 5.88 Å². The summed E-state index contributed by atoms with van der Waals surface area (Å²) in [5, 5.41) is 21.6. The molecule has 86 valence electrons. The Hall–Kier alpha value is -2.42. The zero-order valence-corrected chi connectivity index (χ0v) is 8.51. The maximum absolute atomic E-state index is 12.4. The van der Waals surface area contributed by atoms with Crippen molar-refractivity contribution in [3.05, 3.63) is 41.6 Å². The molecule has 0 spiro atoms. The van der Waals surface area contributed by atoms with Crippen molar-refractivity contribution in [1.82, 2.24) is 9.78 Å². The molecular formula is C11H7F2N3O. The van der Waals surface area contributed by atoms with Gasteiger partial charge in [-0.25, -0.2) is 13.5 Å². The summed E-state index contributed by atoms with van der Waals surface area (Å²) in [6.45, 7) is 0. The molecule has 0 atom stereocenters. The van der Waals surface area contributed by atoms with Gasteiger partial charge in [-0.05, 0) is 24.3 Å². The summed E-state index contributed by atoms with van der Waals surface area (Å²) in [6, 6.07) is 8.89. The Labute approximate surface area is 95.3 Å². The highest BCUT2D eigenvalue weighted by Crippen LogP contribution is 2.24. The lowest BCUT2D eigenvalue weighted by Crippen LogP contribution is -1.97. The molecule has 1 aromatic heterocycles. The van der Waals surface area contributed by atoms with Crippen LogP contribution < -0.4 is 0 Å². The van der Waals surface area contributed by atoms with E-state index >= 15 is 0 Å². The predicted molar refractivity (Wildman–Crippen MR) is 54.9 cm³/mol. The van der Waals surface area contributed by atoms with Crippen LogP contribution >= 0.6 is 0 Å². The van der Waals surface area contributed by atoms with Crippen LogP contribution in [0.25, 0.3) is 5.69 Å². The predicted octanol–water partition coefficient (Wildman–Crippen LogP) is 2.39. The number of halogens is 2. The van der Waals surface area contributed by atoms with Crippen LogP contribution in [0.2, 0.25) is 0 Å². The van der Waals surface area contributed by atoms with E-state index in [4.69, 9.17) is 5.26 Å². The number of benzene rings is 1. The van der Waals surface area contributed by atoms with Gasteiger partial charge in [0.25, 0.3) is 6.43 Å². The van der Waals surface area contributed by atoms with Crippen molar-refractivity contribution in [3.63, 3.8) is 0 Å². The molecule has 0 radical (unpaired) electrons. The van der Waals surface area contributed by atoms with Crippen LogP contribution in [0, 0.1) is 11.3 Å². The highest BCUT2D eigenvalue weighted by Gasteiger charge is 2.15. The molecule has 6 heteroatoms. The second-order valence-electron chi connectivity index (χ2n) is 3.30. The van der Waals surface area contributed by atoms with E-state index in [0.717, 1.165) is 10.7 Å². The minimum atomic E-state index is -2.74. The molecule has 4 nitrogen and oxygen atoms in total. The Morgan fingerprint density at radius 3 is 2.41 bits per heavy atom. The number of rotatable bonds is 2. The Bertz CT molecular complexity index is 569. The van der Waals surface area contributed by atoms with Crippen molar-refractivity contribution < 1.29 is 13.9 Å². The number of hydrogen-bond acceptors (Lipinski definition) is 3. The van der Waals surface area contributed by atoms with Crippen molar-refractivity contribution in [2.45, 2.75) is 6.43 Å². The standard InChI is InChI=1S/C11H7F2N3O/c12-11(13)9-5-10(17)16(15-9)8-3-1-7(6-14)2-4-8/h1-5,11,17H. The third kappa shape index (κ3) is 2.08. The summed E-state index contributed by atoms with van der Waals surface area (Å²) < 4.78 is 25.7. The van der Waals surface area contributed by atoms with Gasteiger partial charge in [-0.1, -0.05) is 0 Å². The maximum Gasteiger partial charge on any atom is 0.282 e. The third-order valence-electron chi connectivity index (χ3n) is 2.17. The molecule has 2 aromatic rings. The van der Waals surface area contributed by atoms with E-state index in [2.05, 4.69) is 5.10 Å². The van der Waals surface area contributed by atoms with Crippen molar-refractivity contribution in [2.24, 2.45) is 0 Å². The Morgan fingerprint density at radius 2 is 1.94 bits per heavy atom. The molecule has 0 fully saturated rings. The first-order chi connectivity index (χ1) is 8.11. The molecule has 0 bridgehead atoms. The Morgan fingerprint density at radius 1 is 1.29 bits per heavy atom. The first-order valence-corrected chi connectivity index (χ1v) is 4.69. The van der Waals surface area contributed by atoms with Crippen LogP contribution in [0.15, 0.2) is 30.3 Å². The molecular weight excluding hydrogens is 228 g/mol. The monoisotopic (exact) mass is 235 g/mol. The van der Waals surface area contributed by atoms with Gasteiger partial charge in [-0.15, -0.1) is 0 Å². The summed E-state index contributed by atoms with van der Waals surface area (Å²) in [7, 11) is 0. The van der Waals surface area contributed by atoms with Crippen LogP contribution in [-0.4, -0.2) is 14.9 Å². The third-order valence-corrected chi connectivity index (χ3v) is 2.17. The summed E-state index contributed by atoms with van der Waals surface area (Å²) in [5.41, 5.74) is 0.356. The van der Waals surface area contributed by atoms with Gasteiger partial charge in [-0.3, -0.25) is 0 Å². The van der Waals surface area contributed by atoms with Gasteiger partial charge in [0.2, 0.25) is 5.88 Å². The minimum absolute atomic E-state index is 0.370. The van der Waals surface area contributed by atoms with Crippen LogP contribution in [-0.2, 0) is 0 Å². The van der Waals surface area contributed by atoms with Crippen molar-refractivity contribution in [1.29, 1.82) is 5.26 Å². The second kappa shape index (κ2) is 4.22. The Kier molecular flexibility index (Phi) is 2.75. The molecule has 0 aliphatic carbocycles. The number of aromatic nitrogens is 2. The average Bonchev–Trinajstić information content (AvgIpc) is 2.72. The van der Waals surface area contributed by atoms with Gasteiger partial charge >= 0.3 is 0 Å². The highest BCUT2D eigenvalue weighted by atomic mass is 19.3. The number of nitrogens with zero attached hydrogens (tertiary/aromatic N) is 3. The zero-order valence-electron chi connectivity index (χ0n) is 8.51. The molecule has 0 amide bonds. The molecule has 0 saturated carbocycles. The average molecular weight is 235 g/mol. The topological polar surface area (TPSA) is 61.8 Å². The first-order valence-electron chi connectivity index (χ1n) is 4.69. The molecule has 2 rings (SSSR count). The van der Waals surface area contributed by atoms with Gasteiger partial charge in [-0.2, -0.15) is 10.4 Å². The SMILES string of the molecule is N#Cc1ccc(-n2nc(C(F)F)cc2O)cc1. The molecule has 0 aliphatic rings. The number of hydrogen-bond donors (Lipinski definition) is 1. The lowest BCUT2D eigenvalue weighted by atomic mass is 10.2.